The van der Waals surface area contributed by atoms with E-state index in [4.69, 9.17) is 9.47 Å². The van der Waals surface area contributed by atoms with Gasteiger partial charge in [-0.25, -0.2) is 0 Å². The van der Waals surface area contributed by atoms with Crippen molar-refractivity contribution in [2.45, 2.75) is 19.6 Å². The molecule has 0 fully saturated rings. The molecule has 0 saturated carbocycles. The third-order valence-electron chi connectivity index (χ3n) is 1.97. The summed E-state index contributed by atoms with van der Waals surface area (Å²) in [6.07, 6.45) is 1.86. The van der Waals surface area contributed by atoms with Crippen LogP contribution in [0.15, 0.2) is 43.0 Å². The minimum atomic E-state index is 0.116. The molecule has 0 saturated heterocycles. The van der Waals surface area contributed by atoms with Crippen molar-refractivity contribution >= 4 is 0 Å². The van der Waals surface area contributed by atoms with Gasteiger partial charge < -0.3 is 9.47 Å². The van der Waals surface area contributed by atoms with Crippen LogP contribution in [0.5, 0.6) is 0 Å². The highest BCUT2D eigenvalue weighted by molar-refractivity contribution is 5.13. The molecule has 0 unspecified atom stereocenters. The summed E-state index contributed by atoms with van der Waals surface area (Å²) < 4.78 is 10.9. The number of ether oxygens (including phenoxy) is 2. The van der Waals surface area contributed by atoms with Crippen LogP contribution in [0.3, 0.4) is 0 Å². The largest absolute Gasteiger partial charge is 0.375 e. The van der Waals surface area contributed by atoms with Crippen LogP contribution in [0.2, 0.25) is 0 Å². The van der Waals surface area contributed by atoms with Crippen LogP contribution in [-0.4, -0.2) is 19.3 Å². The Morgan fingerprint density at radius 2 is 2.07 bits per heavy atom. The highest BCUT2D eigenvalue weighted by Crippen LogP contribution is 2.03. The maximum atomic E-state index is 5.62. The number of hydrogen-bond acceptors (Lipinski definition) is 2. The molecule has 0 spiro atoms. The first-order valence-corrected chi connectivity index (χ1v) is 5.17. The summed E-state index contributed by atoms with van der Waals surface area (Å²) in [5.74, 6) is 0. The van der Waals surface area contributed by atoms with Crippen molar-refractivity contribution < 1.29 is 9.47 Å². The predicted octanol–water partition coefficient (Wildman–Crippen LogP) is 2.79. The Morgan fingerprint density at radius 1 is 1.33 bits per heavy atom. The van der Waals surface area contributed by atoms with Crippen LogP contribution in [0.1, 0.15) is 12.5 Å². The molecule has 1 aromatic rings. The second-order valence-electron chi connectivity index (χ2n) is 3.43. The lowest BCUT2D eigenvalue weighted by Gasteiger charge is -2.12. The van der Waals surface area contributed by atoms with E-state index in [9.17, 15) is 0 Å². The molecule has 0 amide bonds. The first-order chi connectivity index (χ1) is 7.33. The summed E-state index contributed by atoms with van der Waals surface area (Å²) in [5, 5.41) is 0. The molecule has 1 rings (SSSR count). The number of benzene rings is 1. The van der Waals surface area contributed by atoms with Crippen LogP contribution in [0.4, 0.5) is 0 Å². The van der Waals surface area contributed by atoms with Crippen LogP contribution < -0.4 is 0 Å². The monoisotopic (exact) mass is 206 g/mol. The van der Waals surface area contributed by atoms with Gasteiger partial charge in [-0.1, -0.05) is 36.4 Å². The molecule has 0 aliphatic carbocycles. The summed E-state index contributed by atoms with van der Waals surface area (Å²) in [4.78, 5) is 0. The van der Waals surface area contributed by atoms with Crippen LogP contribution in [-0.2, 0) is 16.1 Å². The van der Waals surface area contributed by atoms with Gasteiger partial charge in [0.2, 0.25) is 0 Å². The van der Waals surface area contributed by atoms with Crippen molar-refractivity contribution in [2.24, 2.45) is 0 Å². The van der Waals surface area contributed by atoms with E-state index < -0.39 is 0 Å². The molecule has 2 heteroatoms. The maximum Gasteiger partial charge on any atom is 0.0785 e. The van der Waals surface area contributed by atoms with Gasteiger partial charge in [0.05, 0.1) is 25.9 Å². The molecule has 2 nitrogen and oxygen atoms in total. The fourth-order valence-electron chi connectivity index (χ4n) is 1.18. The molecule has 0 N–H and O–H groups in total. The van der Waals surface area contributed by atoms with Gasteiger partial charge in [0.25, 0.3) is 0 Å². The Kier molecular flexibility index (Phi) is 5.74. The van der Waals surface area contributed by atoms with E-state index >= 15 is 0 Å². The Morgan fingerprint density at radius 3 is 2.73 bits per heavy atom. The Labute approximate surface area is 91.5 Å². The molecule has 1 atom stereocenters. The van der Waals surface area contributed by atoms with Crippen LogP contribution in [0, 0.1) is 0 Å². The van der Waals surface area contributed by atoms with Gasteiger partial charge in [-0.2, -0.15) is 0 Å². The normalized spacial score (nSPS) is 12.3. The minimum absolute atomic E-state index is 0.116. The van der Waals surface area contributed by atoms with E-state index in [0.717, 1.165) is 0 Å². The van der Waals surface area contributed by atoms with Gasteiger partial charge in [-0.15, -0.1) is 6.58 Å². The van der Waals surface area contributed by atoms with E-state index in [1.807, 2.05) is 25.1 Å². The lowest BCUT2D eigenvalue weighted by atomic mass is 10.2. The SMILES string of the molecule is C=CCOC[C@@H](C)OCc1ccccc1. The summed E-state index contributed by atoms with van der Waals surface area (Å²) >= 11 is 0. The van der Waals surface area contributed by atoms with Gasteiger partial charge in [-0.3, -0.25) is 0 Å². The lowest BCUT2D eigenvalue weighted by Crippen LogP contribution is -2.15. The Hall–Kier alpha value is -1.12. The van der Waals surface area contributed by atoms with E-state index in [2.05, 4.69) is 18.7 Å². The zero-order valence-corrected chi connectivity index (χ0v) is 9.19. The van der Waals surface area contributed by atoms with Gasteiger partial charge >= 0.3 is 0 Å². The van der Waals surface area contributed by atoms with Crippen molar-refractivity contribution in [3.05, 3.63) is 48.6 Å². The van der Waals surface area contributed by atoms with E-state index in [1.165, 1.54) is 5.56 Å². The molecule has 82 valence electrons. The van der Waals surface area contributed by atoms with Gasteiger partial charge in [0, 0.05) is 0 Å². The third kappa shape index (κ3) is 5.35. The third-order valence-corrected chi connectivity index (χ3v) is 1.97. The van der Waals surface area contributed by atoms with E-state index in [-0.39, 0.29) is 6.10 Å². The minimum Gasteiger partial charge on any atom is -0.375 e. The number of hydrogen-bond donors (Lipinski definition) is 0. The first kappa shape index (κ1) is 12.0. The first-order valence-electron chi connectivity index (χ1n) is 5.17. The molecular weight excluding hydrogens is 188 g/mol. The fourth-order valence-corrected chi connectivity index (χ4v) is 1.18. The molecule has 1 aromatic carbocycles. The predicted molar refractivity (Wildman–Crippen MR) is 61.7 cm³/mol. The molecule has 0 heterocycles. The van der Waals surface area contributed by atoms with Gasteiger partial charge in [-0.05, 0) is 12.5 Å². The van der Waals surface area contributed by atoms with Crippen molar-refractivity contribution in [3.63, 3.8) is 0 Å². The average Bonchev–Trinajstić information content (AvgIpc) is 2.28. The summed E-state index contributed by atoms with van der Waals surface area (Å²) in [6, 6.07) is 10.1. The highest BCUT2D eigenvalue weighted by Gasteiger charge is 2.01. The van der Waals surface area contributed by atoms with E-state index in [0.29, 0.717) is 19.8 Å². The van der Waals surface area contributed by atoms with Crippen molar-refractivity contribution in [2.75, 3.05) is 13.2 Å². The average molecular weight is 206 g/mol. The standard InChI is InChI=1S/C13H18O2/c1-3-9-14-10-12(2)15-11-13-7-5-4-6-8-13/h3-8,12H,1,9-11H2,2H3/t12-/m1/s1. The summed E-state index contributed by atoms with van der Waals surface area (Å²) in [6.45, 7) is 7.42. The smallest absolute Gasteiger partial charge is 0.0785 e. The quantitative estimate of drug-likeness (QED) is 0.504. The molecular formula is C13H18O2. The van der Waals surface area contributed by atoms with Gasteiger partial charge in [0.15, 0.2) is 0 Å². The zero-order valence-electron chi connectivity index (χ0n) is 9.19. The zero-order chi connectivity index (χ0) is 10.9. The van der Waals surface area contributed by atoms with Crippen molar-refractivity contribution in [3.8, 4) is 0 Å². The second-order valence-corrected chi connectivity index (χ2v) is 3.43. The molecule has 15 heavy (non-hydrogen) atoms. The van der Waals surface area contributed by atoms with Crippen LogP contribution >= 0.6 is 0 Å². The number of rotatable bonds is 7. The molecule has 0 radical (unpaired) electrons. The fraction of sp³-hybridized carbons (Fsp3) is 0.385. The lowest BCUT2D eigenvalue weighted by molar-refractivity contribution is -0.00808. The van der Waals surface area contributed by atoms with Gasteiger partial charge in [0.1, 0.15) is 0 Å². The molecule has 0 aromatic heterocycles. The maximum absolute atomic E-state index is 5.62. The topological polar surface area (TPSA) is 18.5 Å². The van der Waals surface area contributed by atoms with Crippen molar-refractivity contribution in [1.82, 2.24) is 0 Å². The summed E-state index contributed by atoms with van der Waals surface area (Å²) in [5.41, 5.74) is 1.19. The van der Waals surface area contributed by atoms with Crippen molar-refractivity contribution in [1.29, 1.82) is 0 Å². The second kappa shape index (κ2) is 7.21. The Bertz CT molecular complexity index is 269. The highest BCUT2D eigenvalue weighted by atomic mass is 16.5. The van der Waals surface area contributed by atoms with E-state index in [1.54, 1.807) is 6.08 Å². The molecule has 0 bridgehead atoms. The Balaban J connectivity index is 2.16. The van der Waals surface area contributed by atoms with Crippen LogP contribution in [0.25, 0.3) is 0 Å². The molecule has 0 aliphatic rings. The molecule has 0 aliphatic heterocycles. The summed E-state index contributed by atoms with van der Waals surface area (Å²) in [7, 11) is 0.